The zero-order valence-corrected chi connectivity index (χ0v) is 16.1. The number of hydrogen-bond acceptors (Lipinski definition) is 3. The molecular formula is C19H30N2O3S. The first-order valence-electron chi connectivity index (χ1n) is 9.35. The summed E-state index contributed by atoms with van der Waals surface area (Å²) in [6.07, 6.45) is 5.74. The molecular weight excluding hydrogens is 336 g/mol. The highest BCUT2D eigenvalue weighted by Gasteiger charge is 2.39. The van der Waals surface area contributed by atoms with Gasteiger partial charge in [0.15, 0.2) is 0 Å². The maximum absolute atomic E-state index is 12.8. The molecule has 5 nitrogen and oxygen atoms in total. The first-order chi connectivity index (χ1) is 12.0. The molecule has 1 N–H and O–H groups in total. The highest BCUT2D eigenvalue weighted by Crippen LogP contribution is 2.26. The molecule has 0 saturated carbocycles. The van der Waals surface area contributed by atoms with E-state index in [0.29, 0.717) is 25.4 Å². The van der Waals surface area contributed by atoms with Gasteiger partial charge >= 0.3 is 0 Å². The molecule has 0 spiro atoms. The number of unbranched alkanes of at least 4 members (excludes halogenated alkanes) is 1. The Hall–Kier alpha value is -1.40. The number of nitrogens with one attached hydrogen (secondary N) is 1. The van der Waals surface area contributed by atoms with Crippen molar-refractivity contribution in [2.75, 3.05) is 13.1 Å². The fourth-order valence-corrected chi connectivity index (χ4v) is 5.00. The van der Waals surface area contributed by atoms with Gasteiger partial charge in [-0.1, -0.05) is 51.3 Å². The van der Waals surface area contributed by atoms with Crippen molar-refractivity contribution in [3.63, 3.8) is 0 Å². The van der Waals surface area contributed by atoms with E-state index in [-0.39, 0.29) is 10.8 Å². The number of benzene rings is 1. The van der Waals surface area contributed by atoms with Crippen molar-refractivity contribution in [2.45, 2.75) is 63.3 Å². The molecule has 6 heteroatoms. The van der Waals surface area contributed by atoms with Crippen molar-refractivity contribution >= 4 is 15.9 Å². The molecule has 2 rings (SSSR count). The van der Waals surface area contributed by atoms with Crippen LogP contribution in [0.15, 0.2) is 35.2 Å². The molecule has 1 aliphatic heterocycles. The SMILES string of the molecule is CCCCC(CC)CNC(=O)C1CCCN1S(=O)(=O)c1ccccc1. The minimum absolute atomic E-state index is 0.160. The predicted molar refractivity (Wildman–Crippen MR) is 99.7 cm³/mol. The maximum Gasteiger partial charge on any atom is 0.243 e. The van der Waals surface area contributed by atoms with E-state index in [9.17, 15) is 13.2 Å². The van der Waals surface area contributed by atoms with Gasteiger partial charge in [0.25, 0.3) is 0 Å². The molecule has 25 heavy (non-hydrogen) atoms. The second kappa shape index (κ2) is 9.34. The lowest BCUT2D eigenvalue weighted by Gasteiger charge is -2.24. The zero-order valence-electron chi connectivity index (χ0n) is 15.3. The van der Waals surface area contributed by atoms with E-state index < -0.39 is 16.1 Å². The fraction of sp³-hybridized carbons (Fsp3) is 0.632. The molecule has 1 saturated heterocycles. The lowest BCUT2D eigenvalue weighted by molar-refractivity contribution is -0.124. The van der Waals surface area contributed by atoms with Crippen molar-refractivity contribution in [1.82, 2.24) is 9.62 Å². The van der Waals surface area contributed by atoms with Crippen LogP contribution in [-0.4, -0.2) is 37.8 Å². The summed E-state index contributed by atoms with van der Waals surface area (Å²) < 4.78 is 27.0. The molecule has 0 bridgehead atoms. The van der Waals surface area contributed by atoms with Crippen LogP contribution in [0, 0.1) is 5.92 Å². The van der Waals surface area contributed by atoms with Gasteiger partial charge in [0, 0.05) is 13.1 Å². The monoisotopic (exact) mass is 366 g/mol. The number of nitrogens with zero attached hydrogens (tertiary/aromatic N) is 1. The summed E-state index contributed by atoms with van der Waals surface area (Å²) in [6.45, 7) is 5.33. The van der Waals surface area contributed by atoms with Gasteiger partial charge in [0.05, 0.1) is 4.90 Å². The molecule has 1 fully saturated rings. The molecule has 1 aromatic rings. The molecule has 0 radical (unpaired) electrons. The van der Waals surface area contributed by atoms with E-state index in [2.05, 4.69) is 19.2 Å². The smallest absolute Gasteiger partial charge is 0.243 e. The molecule has 0 aliphatic carbocycles. The average Bonchev–Trinajstić information content (AvgIpc) is 3.13. The van der Waals surface area contributed by atoms with Crippen LogP contribution in [0.4, 0.5) is 0 Å². The third-order valence-electron chi connectivity index (χ3n) is 4.96. The van der Waals surface area contributed by atoms with Crippen LogP contribution < -0.4 is 5.32 Å². The van der Waals surface area contributed by atoms with E-state index in [1.807, 2.05) is 0 Å². The Bertz CT molecular complexity index is 646. The van der Waals surface area contributed by atoms with E-state index >= 15 is 0 Å². The molecule has 1 aromatic carbocycles. The summed E-state index contributed by atoms with van der Waals surface area (Å²) in [4.78, 5) is 12.9. The van der Waals surface area contributed by atoms with Crippen LogP contribution in [-0.2, 0) is 14.8 Å². The molecule has 1 heterocycles. The van der Waals surface area contributed by atoms with Crippen molar-refractivity contribution in [3.05, 3.63) is 30.3 Å². The zero-order chi connectivity index (χ0) is 18.3. The number of carbonyl (C=O) groups is 1. The number of sulfonamides is 1. The molecule has 1 amide bonds. The predicted octanol–water partition coefficient (Wildman–Crippen LogP) is 3.17. The maximum atomic E-state index is 12.8. The first kappa shape index (κ1) is 19.9. The quantitative estimate of drug-likeness (QED) is 0.730. The van der Waals surface area contributed by atoms with Crippen LogP contribution in [0.1, 0.15) is 52.4 Å². The summed E-state index contributed by atoms with van der Waals surface area (Å²) >= 11 is 0. The van der Waals surface area contributed by atoms with Gasteiger partial charge < -0.3 is 5.32 Å². The topological polar surface area (TPSA) is 66.5 Å². The lowest BCUT2D eigenvalue weighted by atomic mass is 9.99. The highest BCUT2D eigenvalue weighted by atomic mass is 32.2. The molecule has 2 atom stereocenters. The van der Waals surface area contributed by atoms with Gasteiger partial charge in [-0.2, -0.15) is 4.31 Å². The second-order valence-corrected chi connectivity index (χ2v) is 8.64. The van der Waals surface area contributed by atoms with Crippen LogP contribution in [0.2, 0.25) is 0 Å². The third kappa shape index (κ3) is 5.05. The number of carbonyl (C=O) groups excluding carboxylic acids is 1. The lowest BCUT2D eigenvalue weighted by Crippen LogP contribution is -2.46. The van der Waals surface area contributed by atoms with Gasteiger partial charge in [-0.25, -0.2) is 8.42 Å². The first-order valence-corrected chi connectivity index (χ1v) is 10.8. The van der Waals surface area contributed by atoms with Gasteiger partial charge in [-0.3, -0.25) is 4.79 Å². The van der Waals surface area contributed by atoms with Crippen molar-refractivity contribution in [3.8, 4) is 0 Å². The Balaban J connectivity index is 2.02. The van der Waals surface area contributed by atoms with Gasteiger partial charge in [-0.05, 0) is 37.3 Å². The second-order valence-electron chi connectivity index (χ2n) is 6.75. The molecule has 0 aromatic heterocycles. The molecule has 1 aliphatic rings. The van der Waals surface area contributed by atoms with Gasteiger partial charge in [0.1, 0.15) is 6.04 Å². The fourth-order valence-electron chi connectivity index (χ4n) is 3.32. The number of rotatable bonds is 9. The van der Waals surface area contributed by atoms with E-state index in [4.69, 9.17) is 0 Å². The Morgan fingerprint density at radius 3 is 2.64 bits per heavy atom. The molecule has 140 valence electrons. The Morgan fingerprint density at radius 2 is 2.00 bits per heavy atom. The molecule has 2 unspecified atom stereocenters. The van der Waals surface area contributed by atoms with Gasteiger partial charge in [0.2, 0.25) is 15.9 Å². The van der Waals surface area contributed by atoms with Crippen LogP contribution in [0.5, 0.6) is 0 Å². The van der Waals surface area contributed by atoms with Crippen molar-refractivity contribution in [1.29, 1.82) is 0 Å². The Labute approximate surface area is 151 Å². The van der Waals surface area contributed by atoms with Crippen LogP contribution in [0.25, 0.3) is 0 Å². The summed E-state index contributed by atoms with van der Waals surface area (Å²) in [6, 6.07) is 7.78. The van der Waals surface area contributed by atoms with Gasteiger partial charge in [-0.15, -0.1) is 0 Å². The standard InChI is InChI=1S/C19H30N2O3S/c1-3-5-10-16(4-2)15-20-19(22)18-13-9-14-21(18)25(23,24)17-11-7-6-8-12-17/h6-8,11-12,16,18H,3-5,9-10,13-15H2,1-2H3,(H,20,22). The largest absolute Gasteiger partial charge is 0.354 e. The van der Waals surface area contributed by atoms with E-state index in [1.165, 1.54) is 4.31 Å². The highest BCUT2D eigenvalue weighted by molar-refractivity contribution is 7.89. The van der Waals surface area contributed by atoms with E-state index in [0.717, 1.165) is 32.1 Å². The van der Waals surface area contributed by atoms with Crippen molar-refractivity contribution in [2.24, 2.45) is 5.92 Å². The van der Waals surface area contributed by atoms with Crippen LogP contribution >= 0.6 is 0 Å². The average molecular weight is 367 g/mol. The number of hydrogen-bond donors (Lipinski definition) is 1. The normalized spacial score (nSPS) is 19.7. The van der Waals surface area contributed by atoms with Crippen molar-refractivity contribution < 1.29 is 13.2 Å². The third-order valence-corrected chi connectivity index (χ3v) is 6.89. The summed E-state index contributed by atoms with van der Waals surface area (Å²) in [5.41, 5.74) is 0. The minimum Gasteiger partial charge on any atom is -0.354 e. The Kier molecular flexibility index (Phi) is 7.44. The van der Waals surface area contributed by atoms with Crippen LogP contribution in [0.3, 0.4) is 0 Å². The Morgan fingerprint density at radius 1 is 1.28 bits per heavy atom. The minimum atomic E-state index is -3.62. The summed E-state index contributed by atoms with van der Waals surface area (Å²) in [5.74, 6) is 0.302. The number of amides is 1. The van der Waals surface area contributed by atoms with E-state index in [1.54, 1.807) is 30.3 Å². The summed E-state index contributed by atoms with van der Waals surface area (Å²) in [7, 11) is -3.62. The summed E-state index contributed by atoms with van der Waals surface area (Å²) in [5, 5.41) is 2.99.